The Kier molecular flexibility index (Phi) is 9.44. The van der Waals surface area contributed by atoms with Gasteiger partial charge < -0.3 is 14.6 Å². The van der Waals surface area contributed by atoms with Crippen LogP contribution in [0, 0.1) is 11.8 Å². The Labute approximate surface area is 187 Å². The summed E-state index contributed by atoms with van der Waals surface area (Å²) in [6, 6.07) is 7.77. The van der Waals surface area contributed by atoms with Crippen LogP contribution < -0.4 is 20.3 Å². The molecule has 0 amide bonds. The average Bonchev–Trinajstić information content (AvgIpc) is 2.73. The number of aromatic nitrogens is 2. The summed E-state index contributed by atoms with van der Waals surface area (Å²) in [5, 5.41) is 3.12. The third-order valence-corrected chi connectivity index (χ3v) is 6.22. The zero-order valence-corrected chi connectivity index (χ0v) is 19.7. The second-order valence-electron chi connectivity index (χ2n) is 8.12. The number of methoxy groups -OCH3 is 1. The topological polar surface area (TPSA) is 102 Å². The van der Waals surface area contributed by atoms with Crippen molar-refractivity contribution in [3.63, 3.8) is 0 Å². The van der Waals surface area contributed by atoms with Crippen LogP contribution in [0.4, 0.5) is 5.95 Å². The van der Waals surface area contributed by atoms with E-state index in [9.17, 15) is 9.35 Å². The van der Waals surface area contributed by atoms with Gasteiger partial charge in [-0.2, -0.15) is 0 Å². The van der Waals surface area contributed by atoms with E-state index in [0.29, 0.717) is 24.5 Å². The maximum Gasteiger partial charge on any atom is 0.268 e. The minimum Gasteiger partial charge on any atom is -0.598 e. The summed E-state index contributed by atoms with van der Waals surface area (Å²) in [7, 11) is 1.62. The molecule has 1 unspecified atom stereocenters. The number of aromatic amines is 1. The normalized spacial score (nSPS) is 13.1. The lowest BCUT2D eigenvalue weighted by atomic mass is 10.1. The first-order valence-corrected chi connectivity index (χ1v) is 11.5. The molecule has 0 radical (unpaired) electrons. The van der Waals surface area contributed by atoms with E-state index in [2.05, 4.69) is 38.8 Å². The smallest absolute Gasteiger partial charge is 0.268 e. The van der Waals surface area contributed by atoms with Crippen LogP contribution in [-0.4, -0.2) is 39.0 Å². The number of benzene rings is 1. The highest BCUT2D eigenvalue weighted by atomic mass is 32.2. The molecule has 1 aromatic carbocycles. The van der Waals surface area contributed by atoms with Gasteiger partial charge >= 0.3 is 0 Å². The van der Waals surface area contributed by atoms with Crippen molar-refractivity contribution in [3.05, 3.63) is 51.9 Å². The van der Waals surface area contributed by atoms with Gasteiger partial charge in [-0.25, -0.2) is 4.98 Å². The number of ether oxygens (including phenoxy) is 1. The Balaban J connectivity index is 1.89. The summed E-state index contributed by atoms with van der Waals surface area (Å²) < 4.78 is 20.3. The third-order valence-electron chi connectivity index (χ3n) is 4.56. The highest BCUT2D eigenvalue weighted by Crippen LogP contribution is 2.15. The monoisotopic (exact) mass is 444 g/mol. The van der Waals surface area contributed by atoms with Crippen molar-refractivity contribution in [1.29, 1.82) is 0 Å². The van der Waals surface area contributed by atoms with Crippen LogP contribution in [0.15, 0.2) is 35.3 Å². The number of rotatable bonds is 9. The first-order chi connectivity index (χ1) is 14.7. The summed E-state index contributed by atoms with van der Waals surface area (Å²) >= 11 is -1.11. The van der Waals surface area contributed by atoms with Gasteiger partial charge in [0.1, 0.15) is 16.1 Å². The number of nitrogens with zero attached hydrogens (tertiary/aromatic N) is 1. The lowest BCUT2D eigenvalue weighted by Gasteiger charge is -2.27. The summed E-state index contributed by atoms with van der Waals surface area (Å²) in [4.78, 5) is 19.2. The molecule has 0 fully saturated rings. The molecule has 1 aromatic heterocycles. The number of hydrogen-bond acceptors (Lipinski definition) is 6. The second-order valence-corrected chi connectivity index (χ2v) is 10.1. The zero-order valence-electron chi connectivity index (χ0n) is 18.9. The first-order valence-electron chi connectivity index (χ1n) is 10.4. The lowest BCUT2D eigenvalue weighted by Crippen LogP contribution is -2.45. The van der Waals surface area contributed by atoms with Crippen LogP contribution in [0.5, 0.6) is 5.75 Å². The summed E-state index contributed by atoms with van der Waals surface area (Å²) in [6.45, 7) is 8.47. The molecule has 168 valence electrons. The highest BCUT2D eigenvalue weighted by molar-refractivity contribution is 7.90. The van der Waals surface area contributed by atoms with Crippen molar-refractivity contribution in [3.8, 4) is 17.6 Å². The molecule has 3 N–H and O–H groups in total. The minimum absolute atomic E-state index is 0.112. The number of anilines is 1. The van der Waals surface area contributed by atoms with Crippen LogP contribution in [0.3, 0.4) is 0 Å². The molecule has 0 aliphatic heterocycles. The zero-order chi connectivity index (χ0) is 22.9. The van der Waals surface area contributed by atoms with Crippen molar-refractivity contribution in [2.24, 2.45) is 0 Å². The summed E-state index contributed by atoms with van der Waals surface area (Å²) in [5.41, 5.74) is 1.05. The third kappa shape index (κ3) is 8.29. The molecule has 0 aliphatic rings. The maximum atomic E-state index is 12.3. The molecule has 2 aromatic rings. The van der Waals surface area contributed by atoms with E-state index in [4.69, 9.17) is 4.74 Å². The van der Waals surface area contributed by atoms with Crippen molar-refractivity contribution in [1.82, 2.24) is 14.7 Å². The van der Waals surface area contributed by atoms with Gasteiger partial charge in [-0.1, -0.05) is 30.9 Å². The van der Waals surface area contributed by atoms with Crippen LogP contribution in [-0.2, 0) is 17.8 Å². The van der Waals surface area contributed by atoms with E-state index in [1.165, 1.54) is 6.20 Å². The summed E-state index contributed by atoms with van der Waals surface area (Å²) in [6.07, 6.45) is 3.60. The molecule has 0 spiro atoms. The van der Waals surface area contributed by atoms with Crippen LogP contribution in [0.2, 0.25) is 0 Å². The quantitative estimate of drug-likeness (QED) is 0.406. The van der Waals surface area contributed by atoms with Gasteiger partial charge in [-0.15, -0.1) is 4.72 Å². The molecule has 0 bridgehead atoms. The van der Waals surface area contributed by atoms with E-state index in [1.54, 1.807) is 7.11 Å². The van der Waals surface area contributed by atoms with E-state index in [1.807, 2.05) is 45.0 Å². The van der Waals surface area contributed by atoms with E-state index >= 15 is 0 Å². The van der Waals surface area contributed by atoms with Crippen LogP contribution >= 0.6 is 0 Å². The second kappa shape index (κ2) is 11.8. The number of hydrogen-bond donors (Lipinski definition) is 3. The molecule has 0 saturated carbocycles. The van der Waals surface area contributed by atoms with Gasteiger partial charge in [-0.05, 0) is 51.3 Å². The standard InChI is InChI=1S/C23H32N4O3S/c1-6-19(27-31(29)23(2,3)4)13-14-24-22-25-16-18(21(28)26-22)11-7-9-17-10-8-12-20(15-17)30-5/h8,10,12,15-16,19,27H,6,9,13-14H2,1-5H3,(H2,24,25,26,28)/t19-,31?/m1/s1. The molecule has 1 heterocycles. The number of nitrogens with one attached hydrogen (secondary N) is 3. The molecular formula is C23H32N4O3S. The Hall–Kier alpha value is -2.47. The predicted molar refractivity (Wildman–Crippen MR) is 127 cm³/mol. The lowest BCUT2D eigenvalue weighted by molar-refractivity contribution is 0.414. The fourth-order valence-electron chi connectivity index (χ4n) is 2.64. The van der Waals surface area contributed by atoms with Crippen molar-refractivity contribution in [2.75, 3.05) is 19.0 Å². The highest BCUT2D eigenvalue weighted by Gasteiger charge is 2.28. The molecule has 31 heavy (non-hydrogen) atoms. The predicted octanol–water partition coefficient (Wildman–Crippen LogP) is 3.01. The Morgan fingerprint density at radius 3 is 2.77 bits per heavy atom. The Bertz CT molecular complexity index is 960. The fraction of sp³-hybridized carbons (Fsp3) is 0.478. The van der Waals surface area contributed by atoms with Crippen molar-refractivity contribution < 1.29 is 9.29 Å². The van der Waals surface area contributed by atoms with Gasteiger partial charge in [0.25, 0.3) is 5.56 Å². The molecule has 7 nitrogen and oxygen atoms in total. The maximum absolute atomic E-state index is 12.3. The first kappa shape index (κ1) is 24.8. The van der Waals surface area contributed by atoms with Crippen LogP contribution in [0.25, 0.3) is 0 Å². The average molecular weight is 445 g/mol. The Morgan fingerprint density at radius 2 is 2.13 bits per heavy atom. The van der Waals surface area contributed by atoms with E-state index < -0.39 is 11.4 Å². The van der Waals surface area contributed by atoms with Gasteiger partial charge in [0.05, 0.1) is 19.3 Å². The fourth-order valence-corrected chi connectivity index (χ4v) is 3.58. The molecular weight excluding hydrogens is 412 g/mol. The number of H-pyrrole nitrogens is 1. The molecule has 2 atom stereocenters. The molecule has 0 aliphatic carbocycles. The van der Waals surface area contributed by atoms with Gasteiger partial charge in [-0.3, -0.25) is 9.78 Å². The van der Waals surface area contributed by atoms with Gasteiger partial charge in [0.15, 0.2) is 0 Å². The molecule has 8 heteroatoms. The summed E-state index contributed by atoms with van der Waals surface area (Å²) in [5.74, 6) is 7.05. The molecule has 2 rings (SSSR count). The molecule has 0 saturated heterocycles. The van der Waals surface area contributed by atoms with E-state index in [0.717, 1.165) is 24.2 Å². The Morgan fingerprint density at radius 1 is 1.35 bits per heavy atom. The SMILES string of the molecule is CC[C@H](CCNc1ncc(C#CCc2cccc(OC)c2)c(=O)[nH]1)N[S+]([O-])C(C)(C)C. The largest absolute Gasteiger partial charge is 0.598 e. The minimum atomic E-state index is -1.11. The van der Waals surface area contributed by atoms with E-state index in [-0.39, 0.29) is 16.3 Å². The van der Waals surface area contributed by atoms with Gasteiger partial charge in [0, 0.05) is 24.3 Å². The van der Waals surface area contributed by atoms with Crippen molar-refractivity contribution >= 4 is 17.3 Å². The van der Waals surface area contributed by atoms with Gasteiger partial charge in [0.2, 0.25) is 5.95 Å². The van der Waals surface area contributed by atoms with Crippen molar-refractivity contribution in [2.45, 2.75) is 57.7 Å². The van der Waals surface area contributed by atoms with Crippen LogP contribution in [0.1, 0.15) is 51.7 Å².